The van der Waals surface area contributed by atoms with Crippen LogP contribution in [0.1, 0.15) is 26.7 Å². The minimum atomic E-state index is -0.350. The van der Waals surface area contributed by atoms with Gasteiger partial charge in [-0.15, -0.1) is 0 Å². The third kappa shape index (κ3) is 2.42. The van der Waals surface area contributed by atoms with E-state index >= 15 is 0 Å². The molecule has 2 fully saturated rings. The van der Waals surface area contributed by atoms with Gasteiger partial charge < -0.3 is 14.8 Å². The Kier molecular flexibility index (Phi) is 2.58. The van der Waals surface area contributed by atoms with Gasteiger partial charge in [0.2, 0.25) is 0 Å². The molecule has 0 aromatic rings. The molecule has 0 radical (unpaired) electrons. The van der Waals surface area contributed by atoms with Crippen LogP contribution in [0.25, 0.3) is 0 Å². The summed E-state index contributed by atoms with van der Waals surface area (Å²) >= 11 is 0. The Labute approximate surface area is 79.8 Å². The maximum atomic E-state index is 5.76. The summed E-state index contributed by atoms with van der Waals surface area (Å²) in [5.41, 5.74) is 0. The topological polar surface area (TPSA) is 30.5 Å². The van der Waals surface area contributed by atoms with Crippen molar-refractivity contribution >= 4 is 0 Å². The third-order valence-electron chi connectivity index (χ3n) is 2.83. The number of ether oxygens (including phenoxy) is 2. The Hall–Kier alpha value is -0.120. The van der Waals surface area contributed by atoms with Crippen molar-refractivity contribution in [1.29, 1.82) is 0 Å². The van der Waals surface area contributed by atoms with Crippen LogP contribution in [0.5, 0.6) is 0 Å². The second-order valence-corrected chi connectivity index (χ2v) is 4.55. The Balaban J connectivity index is 1.77. The van der Waals surface area contributed by atoms with Crippen molar-refractivity contribution in [1.82, 2.24) is 5.32 Å². The van der Waals surface area contributed by atoms with E-state index in [0.29, 0.717) is 6.10 Å². The Bertz CT molecular complexity index is 176. The largest absolute Gasteiger partial charge is 0.348 e. The molecule has 2 heterocycles. The van der Waals surface area contributed by atoms with Gasteiger partial charge in [0.15, 0.2) is 5.79 Å². The van der Waals surface area contributed by atoms with E-state index in [0.717, 1.165) is 25.5 Å². The van der Waals surface area contributed by atoms with Crippen molar-refractivity contribution in [3.05, 3.63) is 0 Å². The van der Waals surface area contributed by atoms with E-state index in [-0.39, 0.29) is 5.79 Å². The number of hydrogen-bond acceptors (Lipinski definition) is 3. The van der Waals surface area contributed by atoms with Crippen LogP contribution in [0, 0.1) is 5.92 Å². The fraction of sp³-hybridized carbons (Fsp3) is 1.00. The Morgan fingerprint density at radius 3 is 2.85 bits per heavy atom. The van der Waals surface area contributed by atoms with Gasteiger partial charge in [-0.3, -0.25) is 0 Å². The third-order valence-corrected chi connectivity index (χ3v) is 2.83. The van der Waals surface area contributed by atoms with Crippen molar-refractivity contribution in [3.8, 4) is 0 Å². The fourth-order valence-corrected chi connectivity index (χ4v) is 2.17. The summed E-state index contributed by atoms with van der Waals surface area (Å²) in [6.45, 7) is 7.06. The van der Waals surface area contributed by atoms with Gasteiger partial charge in [-0.1, -0.05) is 0 Å². The van der Waals surface area contributed by atoms with Crippen LogP contribution in [-0.4, -0.2) is 31.6 Å². The van der Waals surface area contributed by atoms with E-state index in [1.54, 1.807) is 0 Å². The van der Waals surface area contributed by atoms with Gasteiger partial charge >= 0.3 is 0 Å². The second kappa shape index (κ2) is 3.56. The quantitative estimate of drug-likeness (QED) is 0.699. The molecule has 76 valence electrons. The molecule has 13 heavy (non-hydrogen) atoms. The minimum Gasteiger partial charge on any atom is -0.348 e. The van der Waals surface area contributed by atoms with Crippen LogP contribution < -0.4 is 5.32 Å². The van der Waals surface area contributed by atoms with Gasteiger partial charge in [0.1, 0.15) is 0 Å². The second-order valence-electron chi connectivity index (χ2n) is 4.55. The summed E-state index contributed by atoms with van der Waals surface area (Å²) in [4.78, 5) is 0. The summed E-state index contributed by atoms with van der Waals surface area (Å²) in [6, 6.07) is 0. The highest BCUT2D eigenvalue weighted by molar-refractivity contribution is 4.78. The number of rotatable bonds is 2. The van der Waals surface area contributed by atoms with Crippen molar-refractivity contribution in [2.45, 2.75) is 38.6 Å². The monoisotopic (exact) mass is 185 g/mol. The molecule has 2 aliphatic rings. The van der Waals surface area contributed by atoms with Crippen molar-refractivity contribution < 1.29 is 9.47 Å². The van der Waals surface area contributed by atoms with Crippen LogP contribution in [0.3, 0.4) is 0 Å². The van der Waals surface area contributed by atoms with E-state index in [9.17, 15) is 0 Å². The zero-order valence-corrected chi connectivity index (χ0v) is 8.51. The lowest BCUT2D eigenvalue weighted by molar-refractivity contribution is -0.139. The van der Waals surface area contributed by atoms with Gasteiger partial charge in [-0.05, 0) is 45.7 Å². The average molecular weight is 185 g/mol. The number of nitrogens with one attached hydrogen (secondary N) is 1. The minimum absolute atomic E-state index is 0.319. The molecule has 1 N–H and O–H groups in total. The van der Waals surface area contributed by atoms with Crippen molar-refractivity contribution in [2.24, 2.45) is 5.92 Å². The standard InChI is InChI=1S/C10H19NO2/c1-10(2)12-7-9(13-10)5-8-3-4-11-6-8/h8-9,11H,3-7H2,1-2H3. The molecule has 0 saturated carbocycles. The molecule has 0 aromatic heterocycles. The molecule has 0 bridgehead atoms. The highest BCUT2D eigenvalue weighted by Gasteiger charge is 2.34. The zero-order chi connectivity index (χ0) is 9.31. The zero-order valence-electron chi connectivity index (χ0n) is 8.51. The molecular weight excluding hydrogens is 166 g/mol. The molecule has 2 unspecified atom stereocenters. The molecule has 2 aliphatic heterocycles. The highest BCUT2D eigenvalue weighted by atomic mass is 16.7. The first kappa shape index (κ1) is 9.44. The molecule has 0 aromatic carbocycles. The SMILES string of the molecule is CC1(C)OCC(CC2CCNC2)O1. The van der Waals surface area contributed by atoms with E-state index in [4.69, 9.17) is 9.47 Å². The summed E-state index contributed by atoms with van der Waals surface area (Å²) < 4.78 is 11.3. The molecule has 2 atom stereocenters. The van der Waals surface area contributed by atoms with E-state index in [2.05, 4.69) is 5.32 Å². The smallest absolute Gasteiger partial charge is 0.163 e. The van der Waals surface area contributed by atoms with Crippen LogP contribution in [0.15, 0.2) is 0 Å². The molecule has 3 nitrogen and oxygen atoms in total. The predicted octanol–water partition coefficient (Wildman–Crippen LogP) is 1.14. The summed E-state index contributed by atoms with van der Waals surface area (Å²) in [5.74, 6) is 0.443. The molecule has 0 spiro atoms. The van der Waals surface area contributed by atoms with Crippen LogP contribution in [0.4, 0.5) is 0 Å². The normalized spacial score (nSPS) is 38.3. The van der Waals surface area contributed by atoms with Crippen molar-refractivity contribution in [3.63, 3.8) is 0 Å². The molecular formula is C10H19NO2. The predicted molar refractivity (Wildman–Crippen MR) is 50.5 cm³/mol. The van der Waals surface area contributed by atoms with Gasteiger partial charge in [-0.25, -0.2) is 0 Å². The first-order valence-corrected chi connectivity index (χ1v) is 5.18. The van der Waals surface area contributed by atoms with E-state index in [1.807, 2.05) is 13.8 Å². The highest BCUT2D eigenvalue weighted by Crippen LogP contribution is 2.27. The number of hydrogen-bond donors (Lipinski definition) is 1. The van der Waals surface area contributed by atoms with Crippen LogP contribution in [-0.2, 0) is 9.47 Å². The fourth-order valence-electron chi connectivity index (χ4n) is 2.17. The Morgan fingerprint density at radius 2 is 2.31 bits per heavy atom. The van der Waals surface area contributed by atoms with Crippen LogP contribution >= 0.6 is 0 Å². The summed E-state index contributed by atoms with van der Waals surface area (Å²) in [7, 11) is 0. The van der Waals surface area contributed by atoms with Crippen molar-refractivity contribution in [2.75, 3.05) is 19.7 Å². The van der Waals surface area contributed by atoms with E-state index in [1.165, 1.54) is 13.0 Å². The summed E-state index contributed by atoms with van der Waals surface area (Å²) in [6.07, 6.45) is 2.76. The molecule has 2 saturated heterocycles. The maximum Gasteiger partial charge on any atom is 0.163 e. The van der Waals surface area contributed by atoms with Gasteiger partial charge in [0.05, 0.1) is 12.7 Å². The average Bonchev–Trinajstić information content (AvgIpc) is 2.61. The first-order valence-electron chi connectivity index (χ1n) is 5.18. The van der Waals surface area contributed by atoms with Gasteiger partial charge in [0, 0.05) is 0 Å². The summed E-state index contributed by atoms with van der Waals surface area (Å²) in [5, 5.41) is 3.37. The lowest BCUT2D eigenvalue weighted by atomic mass is 10.0. The van der Waals surface area contributed by atoms with Gasteiger partial charge in [0.25, 0.3) is 0 Å². The van der Waals surface area contributed by atoms with E-state index < -0.39 is 0 Å². The molecule has 0 amide bonds. The molecule has 3 heteroatoms. The lowest BCUT2D eigenvalue weighted by Crippen LogP contribution is -2.23. The first-order chi connectivity index (χ1) is 6.16. The maximum absolute atomic E-state index is 5.76. The molecule has 2 rings (SSSR count). The Morgan fingerprint density at radius 1 is 1.46 bits per heavy atom. The molecule has 0 aliphatic carbocycles. The lowest BCUT2D eigenvalue weighted by Gasteiger charge is -2.18. The van der Waals surface area contributed by atoms with Gasteiger partial charge in [-0.2, -0.15) is 0 Å². The van der Waals surface area contributed by atoms with Crippen LogP contribution in [0.2, 0.25) is 0 Å².